The van der Waals surface area contributed by atoms with E-state index in [0.29, 0.717) is 31.4 Å². The van der Waals surface area contributed by atoms with E-state index < -0.39 is 11.6 Å². The molecule has 1 atom stereocenters. The van der Waals surface area contributed by atoms with Gasteiger partial charge in [0.25, 0.3) is 5.91 Å². The van der Waals surface area contributed by atoms with Gasteiger partial charge in [0.05, 0.1) is 0 Å². The number of carboxylic acids is 1. The fourth-order valence-electron chi connectivity index (χ4n) is 4.50. The molecule has 0 aromatic heterocycles. The normalized spacial score (nSPS) is 16.5. The quantitative estimate of drug-likeness (QED) is 0.491. The summed E-state index contributed by atoms with van der Waals surface area (Å²) >= 11 is 0. The first kappa shape index (κ1) is 23.5. The van der Waals surface area contributed by atoms with E-state index >= 15 is 0 Å². The van der Waals surface area contributed by atoms with Crippen LogP contribution in [0.15, 0.2) is 72.8 Å². The zero-order chi connectivity index (χ0) is 24.1. The minimum atomic E-state index is -1.04. The molecule has 6 heteroatoms. The lowest BCUT2D eigenvalue weighted by Gasteiger charge is -2.24. The Kier molecular flexibility index (Phi) is 6.96. The number of carbonyl (C=O) groups is 2. The third-order valence-electron chi connectivity index (χ3n) is 6.07. The molecule has 176 valence electrons. The van der Waals surface area contributed by atoms with E-state index in [-0.39, 0.29) is 18.3 Å². The number of nitrogens with zero attached hydrogens (tertiary/aromatic N) is 1. The first-order valence-corrected chi connectivity index (χ1v) is 11.4. The summed E-state index contributed by atoms with van der Waals surface area (Å²) in [5.41, 5.74) is 2.99. The molecule has 1 aliphatic heterocycles. The molecular weight excluding hydrogens is 433 g/mol. The van der Waals surface area contributed by atoms with Crippen molar-refractivity contribution in [3.63, 3.8) is 0 Å². The van der Waals surface area contributed by atoms with Crippen molar-refractivity contribution in [1.82, 2.24) is 4.90 Å². The Hall–Kier alpha value is -3.67. The number of aryl methyl sites for hydroxylation is 1. The summed E-state index contributed by atoms with van der Waals surface area (Å²) in [7, 11) is 0. The van der Waals surface area contributed by atoms with E-state index in [4.69, 9.17) is 4.74 Å². The summed E-state index contributed by atoms with van der Waals surface area (Å²) in [6, 6.07) is 21.6. The Balaban J connectivity index is 1.44. The van der Waals surface area contributed by atoms with Crippen molar-refractivity contribution in [3.05, 3.63) is 101 Å². The summed E-state index contributed by atoms with van der Waals surface area (Å²) in [5.74, 6) is -0.896. The summed E-state index contributed by atoms with van der Waals surface area (Å²) in [4.78, 5) is 26.0. The van der Waals surface area contributed by atoms with Gasteiger partial charge in [0, 0.05) is 24.9 Å². The number of hydrogen-bond acceptors (Lipinski definition) is 3. The van der Waals surface area contributed by atoms with E-state index in [1.165, 1.54) is 17.0 Å². The molecule has 5 nitrogen and oxygen atoms in total. The first-order valence-electron chi connectivity index (χ1n) is 11.4. The molecule has 4 rings (SSSR count). The van der Waals surface area contributed by atoms with Crippen LogP contribution in [0.3, 0.4) is 0 Å². The van der Waals surface area contributed by atoms with Gasteiger partial charge in [-0.25, -0.2) is 4.39 Å². The summed E-state index contributed by atoms with van der Waals surface area (Å²) < 4.78 is 19.4. The average molecular weight is 462 g/mol. The van der Waals surface area contributed by atoms with Gasteiger partial charge in [-0.1, -0.05) is 42.5 Å². The molecule has 1 aliphatic rings. The molecule has 1 N–H and O–H groups in total. The minimum Gasteiger partial charge on any atom is -0.487 e. The van der Waals surface area contributed by atoms with Crippen molar-refractivity contribution < 1.29 is 23.8 Å². The second kappa shape index (κ2) is 10.1. The second-order valence-corrected chi connectivity index (χ2v) is 9.06. The maximum absolute atomic E-state index is 13.2. The third-order valence-corrected chi connectivity index (χ3v) is 6.07. The molecule has 1 heterocycles. The lowest BCUT2D eigenvalue weighted by Crippen LogP contribution is -2.36. The van der Waals surface area contributed by atoms with Gasteiger partial charge in [-0.2, -0.15) is 0 Å². The highest BCUT2D eigenvalue weighted by molar-refractivity contribution is 5.96. The number of rotatable bonds is 9. The maximum Gasteiger partial charge on any atom is 0.323 e. The third kappa shape index (κ3) is 5.81. The summed E-state index contributed by atoms with van der Waals surface area (Å²) in [6.45, 7) is 2.01. The van der Waals surface area contributed by atoms with Crippen molar-refractivity contribution in [3.8, 4) is 5.75 Å². The van der Waals surface area contributed by atoms with E-state index in [1.54, 1.807) is 30.3 Å². The van der Waals surface area contributed by atoms with Crippen LogP contribution in [0.4, 0.5) is 4.39 Å². The Morgan fingerprint density at radius 2 is 1.76 bits per heavy atom. The number of aliphatic carboxylic acids is 1. The Bertz CT molecular complexity index is 1160. The zero-order valence-electron chi connectivity index (χ0n) is 19.2. The standard InChI is InChI=1S/C28H28FNO4/c1-28(17-21-9-12-24(29)13-10-21)18-23-16-22(11-14-25(23)34-28)27(33)30(19-26(31)32)15-5-8-20-6-3-2-4-7-20/h2-4,6-7,9-14,16H,5,8,15,17-19H2,1H3,(H,31,32). The number of halogens is 1. The van der Waals surface area contributed by atoms with Crippen LogP contribution in [0, 0.1) is 5.82 Å². The van der Waals surface area contributed by atoms with Gasteiger partial charge in [-0.05, 0) is 66.8 Å². The molecule has 3 aromatic rings. The second-order valence-electron chi connectivity index (χ2n) is 9.06. The molecule has 1 amide bonds. The van der Waals surface area contributed by atoms with Gasteiger partial charge in [0.1, 0.15) is 23.7 Å². The predicted molar refractivity (Wildman–Crippen MR) is 128 cm³/mol. The van der Waals surface area contributed by atoms with Gasteiger partial charge in [-0.15, -0.1) is 0 Å². The molecular formula is C28H28FNO4. The van der Waals surface area contributed by atoms with Crippen LogP contribution in [-0.2, 0) is 24.1 Å². The van der Waals surface area contributed by atoms with Crippen LogP contribution in [-0.4, -0.2) is 40.6 Å². The van der Waals surface area contributed by atoms with Crippen molar-refractivity contribution >= 4 is 11.9 Å². The predicted octanol–water partition coefficient (Wildman–Crippen LogP) is 4.92. The van der Waals surface area contributed by atoms with Crippen LogP contribution in [0.25, 0.3) is 0 Å². The van der Waals surface area contributed by atoms with E-state index in [1.807, 2.05) is 37.3 Å². The van der Waals surface area contributed by atoms with Crippen LogP contribution in [0.2, 0.25) is 0 Å². The van der Waals surface area contributed by atoms with Gasteiger partial charge in [0.2, 0.25) is 0 Å². The van der Waals surface area contributed by atoms with E-state index in [9.17, 15) is 19.1 Å². The lowest BCUT2D eigenvalue weighted by molar-refractivity contribution is -0.137. The summed E-state index contributed by atoms with van der Waals surface area (Å²) in [6.07, 6.45) is 2.65. The van der Waals surface area contributed by atoms with Crippen molar-refractivity contribution in [2.75, 3.05) is 13.1 Å². The molecule has 34 heavy (non-hydrogen) atoms. The van der Waals surface area contributed by atoms with Gasteiger partial charge < -0.3 is 14.7 Å². The number of amides is 1. The highest BCUT2D eigenvalue weighted by Gasteiger charge is 2.35. The van der Waals surface area contributed by atoms with Crippen LogP contribution < -0.4 is 4.74 Å². The number of hydrogen-bond donors (Lipinski definition) is 1. The van der Waals surface area contributed by atoms with Gasteiger partial charge >= 0.3 is 5.97 Å². The Labute approximate surface area is 198 Å². The monoisotopic (exact) mass is 461 g/mol. The SMILES string of the molecule is CC1(Cc2ccc(F)cc2)Cc2cc(C(=O)N(CCCc3ccccc3)CC(=O)O)ccc2O1. The van der Waals surface area contributed by atoms with Crippen molar-refractivity contribution in [1.29, 1.82) is 0 Å². The number of carboxylic acid groups (broad SMARTS) is 1. The average Bonchev–Trinajstić information content (AvgIpc) is 3.15. The zero-order valence-corrected chi connectivity index (χ0v) is 19.2. The van der Waals surface area contributed by atoms with E-state index in [2.05, 4.69) is 0 Å². The number of benzene rings is 3. The fraction of sp³-hybridized carbons (Fsp3) is 0.286. The molecule has 3 aromatic carbocycles. The van der Waals surface area contributed by atoms with Crippen molar-refractivity contribution in [2.24, 2.45) is 0 Å². The van der Waals surface area contributed by atoms with Gasteiger partial charge in [0.15, 0.2) is 0 Å². The van der Waals surface area contributed by atoms with Crippen LogP contribution >= 0.6 is 0 Å². The molecule has 0 spiro atoms. The van der Waals surface area contributed by atoms with Crippen LogP contribution in [0.1, 0.15) is 40.4 Å². The first-order chi connectivity index (χ1) is 16.3. The van der Waals surface area contributed by atoms with Crippen LogP contribution in [0.5, 0.6) is 5.75 Å². The molecule has 0 radical (unpaired) electrons. The number of ether oxygens (including phenoxy) is 1. The highest BCUT2D eigenvalue weighted by Crippen LogP contribution is 2.37. The molecule has 0 aliphatic carbocycles. The van der Waals surface area contributed by atoms with Crippen molar-refractivity contribution in [2.45, 2.75) is 38.2 Å². The smallest absolute Gasteiger partial charge is 0.323 e. The summed E-state index contributed by atoms with van der Waals surface area (Å²) in [5, 5.41) is 9.34. The fourth-order valence-corrected chi connectivity index (χ4v) is 4.50. The molecule has 0 bridgehead atoms. The number of fused-ring (bicyclic) bond motifs is 1. The molecule has 1 unspecified atom stereocenters. The largest absolute Gasteiger partial charge is 0.487 e. The lowest BCUT2D eigenvalue weighted by atomic mass is 9.91. The van der Waals surface area contributed by atoms with E-state index in [0.717, 1.165) is 28.9 Å². The molecule has 0 saturated heterocycles. The minimum absolute atomic E-state index is 0.276. The Morgan fingerprint density at radius 1 is 1.03 bits per heavy atom. The maximum atomic E-state index is 13.2. The topological polar surface area (TPSA) is 66.8 Å². The number of carbonyl (C=O) groups excluding carboxylic acids is 1. The Morgan fingerprint density at radius 3 is 2.47 bits per heavy atom. The van der Waals surface area contributed by atoms with Gasteiger partial charge in [-0.3, -0.25) is 9.59 Å². The molecule has 0 fully saturated rings. The highest BCUT2D eigenvalue weighted by atomic mass is 19.1. The molecule has 0 saturated carbocycles.